The Balaban J connectivity index is 2.73. The van der Waals surface area contributed by atoms with E-state index in [9.17, 15) is 0 Å². The molecule has 0 amide bonds. The molecule has 1 aliphatic carbocycles. The predicted molar refractivity (Wildman–Crippen MR) is 52.1 cm³/mol. The molecule has 0 heterocycles. The number of nitrogens with one attached hydrogen (secondary N) is 1. The summed E-state index contributed by atoms with van der Waals surface area (Å²) in [6.07, 6.45) is 4.19. The van der Waals surface area contributed by atoms with Gasteiger partial charge in [0.25, 0.3) is 0 Å². The first-order valence-electron chi connectivity index (χ1n) is 4.83. The van der Waals surface area contributed by atoms with Crippen LogP contribution in [0.4, 0.5) is 0 Å². The fraction of sp³-hybridized carbons (Fsp3) is 0.900. The molecule has 0 radical (unpaired) electrons. The normalized spacial score (nSPS) is 34.2. The van der Waals surface area contributed by atoms with Gasteiger partial charge in [-0.05, 0) is 25.2 Å². The van der Waals surface area contributed by atoms with E-state index in [0.29, 0.717) is 5.92 Å². The molecule has 1 rings (SSSR count). The Bertz CT molecular complexity index is 193. The van der Waals surface area contributed by atoms with Crippen molar-refractivity contribution >= 4 is 5.90 Å². The maximum Gasteiger partial charge on any atom is 0.213 e. The molecule has 1 saturated carbocycles. The van der Waals surface area contributed by atoms with E-state index >= 15 is 0 Å². The molecule has 0 aromatic heterocycles. The molecule has 0 aliphatic heterocycles. The van der Waals surface area contributed by atoms with E-state index < -0.39 is 5.60 Å². The van der Waals surface area contributed by atoms with Crippen LogP contribution in [0.15, 0.2) is 0 Å². The van der Waals surface area contributed by atoms with Crippen LogP contribution in [0.5, 0.6) is 0 Å². The van der Waals surface area contributed by atoms with Crippen molar-refractivity contribution in [1.82, 2.24) is 0 Å². The van der Waals surface area contributed by atoms with Gasteiger partial charge >= 0.3 is 0 Å². The molecule has 0 spiro atoms. The average Bonchev–Trinajstić information content (AvgIpc) is 2.16. The third-order valence-electron chi connectivity index (χ3n) is 2.96. The second kappa shape index (κ2) is 4.09. The minimum absolute atomic E-state index is 0.279. The van der Waals surface area contributed by atoms with Gasteiger partial charge in [-0.25, -0.2) is 0 Å². The lowest BCUT2D eigenvalue weighted by molar-refractivity contribution is -0.0125. The number of hydrogen-bond donors (Lipinski definition) is 1. The second-order valence-electron chi connectivity index (χ2n) is 3.93. The van der Waals surface area contributed by atoms with E-state index in [1.165, 1.54) is 6.42 Å². The van der Waals surface area contributed by atoms with Crippen LogP contribution in [0.3, 0.4) is 0 Å². The number of ether oxygens (including phenoxy) is 2. The third-order valence-corrected chi connectivity index (χ3v) is 2.96. The molecular formula is C10H19NO2. The quantitative estimate of drug-likeness (QED) is 0.529. The van der Waals surface area contributed by atoms with Gasteiger partial charge in [0.2, 0.25) is 5.90 Å². The van der Waals surface area contributed by atoms with Crippen LogP contribution in [0, 0.1) is 11.3 Å². The van der Waals surface area contributed by atoms with Crippen LogP contribution >= 0.6 is 0 Å². The summed E-state index contributed by atoms with van der Waals surface area (Å²) in [6.45, 7) is 2.20. The van der Waals surface area contributed by atoms with Crippen LogP contribution in [0.1, 0.15) is 32.6 Å². The van der Waals surface area contributed by atoms with Gasteiger partial charge in [-0.2, -0.15) is 0 Å². The summed E-state index contributed by atoms with van der Waals surface area (Å²) >= 11 is 0. The van der Waals surface area contributed by atoms with Gasteiger partial charge in [0.05, 0.1) is 7.11 Å². The largest absolute Gasteiger partial charge is 0.482 e. The van der Waals surface area contributed by atoms with Crippen molar-refractivity contribution in [3.63, 3.8) is 0 Å². The summed E-state index contributed by atoms with van der Waals surface area (Å²) < 4.78 is 10.4. The molecule has 1 N–H and O–H groups in total. The van der Waals surface area contributed by atoms with Crippen LogP contribution in [-0.4, -0.2) is 25.7 Å². The van der Waals surface area contributed by atoms with E-state index in [2.05, 4.69) is 6.92 Å². The van der Waals surface area contributed by atoms with Gasteiger partial charge in [-0.1, -0.05) is 13.3 Å². The monoisotopic (exact) mass is 185 g/mol. The molecule has 13 heavy (non-hydrogen) atoms. The lowest BCUT2D eigenvalue weighted by Gasteiger charge is -2.37. The zero-order chi connectivity index (χ0) is 9.90. The molecule has 1 fully saturated rings. The zero-order valence-electron chi connectivity index (χ0n) is 8.72. The van der Waals surface area contributed by atoms with Gasteiger partial charge < -0.3 is 9.47 Å². The van der Waals surface area contributed by atoms with Gasteiger partial charge in [0.1, 0.15) is 5.60 Å². The Morgan fingerprint density at radius 1 is 1.46 bits per heavy atom. The molecule has 0 saturated heterocycles. The lowest BCUT2D eigenvalue weighted by Crippen LogP contribution is -2.44. The van der Waals surface area contributed by atoms with Gasteiger partial charge in [0.15, 0.2) is 0 Å². The molecule has 3 nitrogen and oxygen atoms in total. The van der Waals surface area contributed by atoms with E-state index in [1.807, 2.05) is 0 Å². The topological polar surface area (TPSA) is 42.3 Å². The van der Waals surface area contributed by atoms with Crippen LogP contribution in [0.2, 0.25) is 0 Å². The Morgan fingerprint density at radius 2 is 2.15 bits per heavy atom. The van der Waals surface area contributed by atoms with E-state index in [0.717, 1.165) is 19.3 Å². The Hall–Kier alpha value is -0.570. The highest BCUT2D eigenvalue weighted by atomic mass is 16.5. The zero-order valence-corrected chi connectivity index (χ0v) is 8.72. The molecule has 1 aliphatic rings. The summed E-state index contributed by atoms with van der Waals surface area (Å²) in [7, 11) is 3.22. The predicted octanol–water partition coefficient (Wildman–Crippen LogP) is 2.21. The highest BCUT2D eigenvalue weighted by Crippen LogP contribution is 2.35. The van der Waals surface area contributed by atoms with Crippen molar-refractivity contribution in [2.75, 3.05) is 14.2 Å². The van der Waals surface area contributed by atoms with Crippen molar-refractivity contribution in [2.45, 2.75) is 38.2 Å². The molecule has 0 bridgehead atoms. The van der Waals surface area contributed by atoms with Gasteiger partial charge in [0, 0.05) is 7.11 Å². The Labute approximate surface area is 79.9 Å². The van der Waals surface area contributed by atoms with E-state index in [4.69, 9.17) is 14.9 Å². The minimum atomic E-state index is -0.438. The lowest BCUT2D eigenvalue weighted by atomic mass is 9.78. The first-order chi connectivity index (χ1) is 6.14. The maximum absolute atomic E-state index is 7.72. The average molecular weight is 185 g/mol. The molecule has 2 atom stereocenters. The van der Waals surface area contributed by atoms with Gasteiger partial charge in [-0.15, -0.1) is 0 Å². The van der Waals surface area contributed by atoms with E-state index in [-0.39, 0.29) is 5.90 Å². The fourth-order valence-electron chi connectivity index (χ4n) is 2.17. The van der Waals surface area contributed by atoms with Gasteiger partial charge in [-0.3, -0.25) is 5.41 Å². The molecule has 76 valence electrons. The summed E-state index contributed by atoms with van der Waals surface area (Å²) in [4.78, 5) is 0. The summed E-state index contributed by atoms with van der Waals surface area (Å²) in [6, 6.07) is 0. The fourth-order valence-corrected chi connectivity index (χ4v) is 2.17. The Morgan fingerprint density at radius 3 is 2.62 bits per heavy atom. The maximum atomic E-state index is 7.72. The van der Waals surface area contributed by atoms with Crippen LogP contribution in [0.25, 0.3) is 0 Å². The molecule has 2 unspecified atom stereocenters. The standard InChI is InChI=1S/C10H19NO2/c1-8-5-4-6-10(7-8,13-3)9(11)12-2/h8,11H,4-7H2,1-3H3. The second-order valence-corrected chi connectivity index (χ2v) is 3.93. The third kappa shape index (κ3) is 2.02. The number of hydrogen-bond acceptors (Lipinski definition) is 3. The Kier molecular flexibility index (Phi) is 3.31. The first-order valence-corrected chi connectivity index (χ1v) is 4.83. The summed E-state index contributed by atoms with van der Waals surface area (Å²) in [5.41, 5.74) is -0.438. The number of methoxy groups -OCH3 is 2. The van der Waals surface area contributed by atoms with E-state index in [1.54, 1.807) is 14.2 Å². The van der Waals surface area contributed by atoms with Crippen molar-refractivity contribution in [1.29, 1.82) is 5.41 Å². The molecule has 0 aromatic carbocycles. The van der Waals surface area contributed by atoms with Crippen LogP contribution < -0.4 is 0 Å². The molecule has 3 heteroatoms. The van der Waals surface area contributed by atoms with Crippen molar-refractivity contribution in [2.24, 2.45) is 5.92 Å². The highest BCUT2D eigenvalue weighted by molar-refractivity contribution is 5.82. The van der Waals surface area contributed by atoms with Crippen molar-refractivity contribution in [3.8, 4) is 0 Å². The summed E-state index contributed by atoms with van der Waals surface area (Å²) in [5, 5.41) is 7.72. The molecular weight excluding hydrogens is 166 g/mol. The summed E-state index contributed by atoms with van der Waals surface area (Å²) in [5.74, 6) is 0.908. The highest BCUT2D eigenvalue weighted by Gasteiger charge is 2.40. The van der Waals surface area contributed by atoms with Crippen molar-refractivity contribution in [3.05, 3.63) is 0 Å². The molecule has 0 aromatic rings. The first kappa shape index (κ1) is 10.5. The SMILES string of the molecule is COC(=N)C1(OC)CCCC(C)C1. The van der Waals surface area contributed by atoms with Crippen molar-refractivity contribution < 1.29 is 9.47 Å². The minimum Gasteiger partial charge on any atom is -0.482 e. The smallest absolute Gasteiger partial charge is 0.213 e. The van der Waals surface area contributed by atoms with Crippen LogP contribution in [-0.2, 0) is 9.47 Å². The number of rotatable bonds is 2.